The van der Waals surface area contributed by atoms with Crippen molar-refractivity contribution >= 4 is 23.2 Å². The summed E-state index contributed by atoms with van der Waals surface area (Å²) in [5.41, 5.74) is 4.55. The lowest BCUT2D eigenvalue weighted by Crippen LogP contribution is -2.61. The zero-order chi connectivity index (χ0) is 21.9. The Bertz CT molecular complexity index is 1190. The van der Waals surface area contributed by atoms with Gasteiger partial charge in [-0.3, -0.25) is 9.59 Å². The zero-order valence-electron chi connectivity index (χ0n) is 17.0. The molecule has 0 unspecified atom stereocenters. The van der Waals surface area contributed by atoms with Gasteiger partial charge in [-0.05, 0) is 41.7 Å². The minimum atomic E-state index is -0.811. The number of carbonyl (C=O) groups excluding carboxylic acids is 3. The Hall–Kier alpha value is -3.51. The average Bonchev–Trinajstić information content (AvgIpc) is 3.25. The number of rotatable bonds is 5. The third kappa shape index (κ3) is 2.72. The van der Waals surface area contributed by atoms with Gasteiger partial charge in [0.05, 0.1) is 18.1 Å². The molecule has 1 amide bonds. The molecule has 0 saturated carbocycles. The summed E-state index contributed by atoms with van der Waals surface area (Å²) in [4.78, 5) is 39.9. The van der Waals surface area contributed by atoms with Crippen molar-refractivity contribution in [3.8, 4) is 11.1 Å². The molecule has 0 aromatic heterocycles. The van der Waals surface area contributed by atoms with Crippen molar-refractivity contribution in [1.82, 2.24) is 4.90 Å². The highest BCUT2D eigenvalue weighted by atomic mass is 16.5. The van der Waals surface area contributed by atoms with Gasteiger partial charge in [0, 0.05) is 11.1 Å². The highest BCUT2D eigenvalue weighted by molar-refractivity contribution is 6.22. The first-order chi connectivity index (χ1) is 14.9. The second-order valence-corrected chi connectivity index (χ2v) is 8.10. The summed E-state index contributed by atoms with van der Waals surface area (Å²) in [5, 5.41) is 10.0. The third-order valence-electron chi connectivity index (χ3n) is 6.33. The fourth-order valence-electron chi connectivity index (χ4n) is 4.94. The number of carbonyl (C=O) groups is 3. The molecule has 5 rings (SSSR count). The van der Waals surface area contributed by atoms with Crippen LogP contribution in [0.2, 0.25) is 0 Å². The lowest BCUT2D eigenvalue weighted by Gasteiger charge is -2.44. The van der Waals surface area contributed by atoms with Crippen LogP contribution >= 0.6 is 0 Å². The number of nitrogens with zero attached hydrogens (tertiary/aromatic N) is 1. The van der Waals surface area contributed by atoms with Crippen molar-refractivity contribution in [2.75, 3.05) is 6.61 Å². The minimum absolute atomic E-state index is 0.0279. The largest absolute Gasteiger partial charge is 0.457 e. The summed E-state index contributed by atoms with van der Waals surface area (Å²) in [6.45, 7) is 5.17. The van der Waals surface area contributed by atoms with Gasteiger partial charge in [-0.15, -0.1) is 0 Å². The van der Waals surface area contributed by atoms with Gasteiger partial charge in [0.1, 0.15) is 12.3 Å². The van der Waals surface area contributed by atoms with Crippen molar-refractivity contribution in [2.24, 2.45) is 5.92 Å². The molecule has 1 fully saturated rings. The fraction of sp³-hybridized carbons (Fsp3) is 0.240. The van der Waals surface area contributed by atoms with Crippen LogP contribution in [0.3, 0.4) is 0 Å². The van der Waals surface area contributed by atoms with Gasteiger partial charge in [0.25, 0.3) is 0 Å². The summed E-state index contributed by atoms with van der Waals surface area (Å²) in [7, 11) is 0. The molecule has 6 heteroatoms. The number of ether oxygens (including phenoxy) is 1. The number of fused-ring (bicyclic) bond motifs is 4. The first kappa shape index (κ1) is 19.5. The van der Waals surface area contributed by atoms with Crippen molar-refractivity contribution in [1.29, 1.82) is 0 Å². The first-order valence-corrected chi connectivity index (χ1v) is 10.2. The maximum absolute atomic E-state index is 12.9. The van der Waals surface area contributed by atoms with E-state index in [0.717, 1.165) is 11.1 Å². The molecule has 3 aliphatic rings. The molecule has 1 aliphatic carbocycles. The van der Waals surface area contributed by atoms with Crippen molar-refractivity contribution < 1.29 is 24.2 Å². The van der Waals surface area contributed by atoms with E-state index in [0.29, 0.717) is 28.7 Å². The quantitative estimate of drug-likeness (QED) is 0.394. The predicted molar refractivity (Wildman–Crippen MR) is 114 cm³/mol. The van der Waals surface area contributed by atoms with E-state index in [9.17, 15) is 19.5 Å². The number of benzene rings is 2. The zero-order valence-corrected chi connectivity index (χ0v) is 17.0. The molecule has 6 nitrogen and oxygen atoms in total. The smallest absolute Gasteiger partial charge is 0.355 e. The Morgan fingerprint density at radius 1 is 1.19 bits per heavy atom. The molecular weight excluding hydrogens is 394 g/mol. The molecule has 156 valence electrons. The van der Waals surface area contributed by atoms with E-state index in [1.165, 1.54) is 11.0 Å². The highest BCUT2D eigenvalue weighted by Crippen LogP contribution is 2.48. The van der Waals surface area contributed by atoms with E-state index in [1.54, 1.807) is 13.0 Å². The number of aliphatic hydroxyl groups is 1. The Balaban J connectivity index is 1.59. The van der Waals surface area contributed by atoms with Crippen LogP contribution in [-0.2, 0) is 14.3 Å². The maximum Gasteiger partial charge on any atom is 0.355 e. The van der Waals surface area contributed by atoms with E-state index in [-0.39, 0.29) is 30.0 Å². The molecule has 2 aromatic carbocycles. The minimum Gasteiger partial charge on any atom is -0.457 e. The second kappa shape index (κ2) is 7.03. The Kier molecular flexibility index (Phi) is 4.41. The standard InChI is InChI=1S/C25H21NO5/c1-3-10-31-25(30)22-18(12-20-21(13(2)27)24(29)26(20)22)14-8-9-16-15-6-4-5-7-17(15)23(28)19(16)11-14/h3-9,11,13,20-21,27H,1,10,12H2,2H3/t13-,20-,21-/m1/s1. The highest BCUT2D eigenvalue weighted by Gasteiger charge is 2.57. The number of amides is 1. The van der Waals surface area contributed by atoms with Crippen LogP contribution < -0.4 is 0 Å². The first-order valence-electron chi connectivity index (χ1n) is 10.2. The van der Waals surface area contributed by atoms with Gasteiger partial charge in [-0.2, -0.15) is 0 Å². The van der Waals surface area contributed by atoms with E-state index >= 15 is 0 Å². The van der Waals surface area contributed by atoms with Crippen LogP contribution in [0, 0.1) is 5.92 Å². The van der Waals surface area contributed by atoms with E-state index < -0.39 is 18.0 Å². The number of esters is 1. The normalized spacial score (nSPS) is 21.9. The number of β-lactam (4-membered cyclic amide) rings is 1. The van der Waals surface area contributed by atoms with Gasteiger partial charge in [-0.25, -0.2) is 4.79 Å². The van der Waals surface area contributed by atoms with E-state index in [2.05, 4.69) is 6.58 Å². The molecule has 31 heavy (non-hydrogen) atoms. The SMILES string of the molecule is C=CCOC(=O)C1=C(c2ccc3c(c2)C(=O)c2ccccc2-3)C[C@@H]2[C@@H]([C@@H](C)O)C(=O)N12. The van der Waals surface area contributed by atoms with Gasteiger partial charge in [-0.1, -0.05) is 49.1 Å². The number of hydrogen-bond donors (Lipinski definition) is 1. The van der Waals surface area contributed by atoms with Crippen LogP contribution in [0.25, 0.3) is 16.7 Å². The van der Waals surface area contributed by atoms with Crippen molar-refractivity contribution in [2.45, 2.75) is 25.5 Å². The predicted octanol–water partition coefficient (Wildman–Crippen LogP) is 2.95. The Morgan fingerprint density at radius 2 is 1.90 bits per heavy atom. The number of hydrogen-bond acceptors (Lipinski definition) is 5. The van der Waals surface area contributed by atoms with Gasteiger partial charge in [0.2, 0.25) is 5.91 Å². The summed E-state index contributed by atoms with van der Waals surface area (Å²) in [6.07, 6.45) is 1.07. The maximum atomic E-state index is 12.9. The lowest BCUT2D eigenvalue weighted by molar-refractivity contribution is -0.162. The van der Waals surface area contributed by atoms with E-state index in [4.69, 9.17) is 4.74 Å². The van der Waals surface area contributed by atoms with E-state index in [1.807, 2.05) is 36.4 Å². The fourth-order valence-corrected chi connectivity index (χ4v) is 4.94. The second-order valence-electron chi connectivity index (χ2n) is 8.10. The Labute approximate surface area is 179 Å². The van der Waals surface area contributed by atoms with Gasteiger partial charge >= 0.3 is 5.97 Å². The van der Waals surface area contributed by atoms with Crippen LogP contribution in [0.5, 0.6) is 0 Å². The van der Waals surface area contributed by atoms with Crippen LogP contribution in [0.15, 0.2) is 60.8 Å². The topological polar surface area (TPSA) is 83.9 Å². The van der Waals surface area contributed by atoms with Crippen LogP contribution in [0.1, 0.15) is 34.8 Å². The summed E-state index contributed by atoms with van der Waals surface area (Å²) in [6, 6.07) is 12.7. The number of ketones is 1. The summed E-state index contributed by atoms with van der Waals surface area (Å²) in [5.74, 6) is -1.50. The number of aliphatic hydroxyl groups excluding tert-OH is 1. The molecule has 3 atom stereocenters. The monoisotopic (exact) mass is 415 g/mol. The van der Waals surface area contributed by atoms with Crippen molar-refractivity contribution in [3.63, 3.8) is 0 Å². The molecule has 1 saturated heterocycles. The molecule has 0 radical (unpaired) electrons. The Morgan fingerprint density at radius 3 is 2.61 bits per heavy atom. The molecule has 2 heterocycles. The molecule has 2 aliphatic heterocycles. The molecule has 0 spiro atoms. The average molecular weight is 415 g/mol. The van der Waals surface area contributed by atoms with Crippen LogP contribution in [-0.4, -0.2) is 46.4 Å². The lowest BCUT2D eigenvalue weighted by atomic mass is 9.82. The van der Waals surface area contributed by atoms with Gasteiger partial charge in [0.15, 0.2) is 5.78 Å². The van der Waals surface area contributed by atoms with Gasteiger partial charge < -0.3 is 14.7 Å². The summed E-state index contributed by atoms with van der Waals surface area (Å²) >= 11 is 0. The molecule has 1 N–H and O–H groups in total. The van der Waals surface area contributed by atoms with Crippen LogP contribution in [0.4, 0.5) is 0 Å². The molecule has 0 bridgehead atoms. The van der Waals surface area contributed by atoms with Crippen molar-refractivity contribution in [3.05, 3.63) is 77.5 Å². The summed E-state index contributed by atoms with van der Waals surface area (Å²) < 4.78 is 5.25. The molecule has 2 aromatic rings. The third-order valence-corrected chi connectivity index (χ3v) is 6.33. The molecular formula is C25H21NO5.